The first-order valence-corrected chi connectivity index (χ1v) is 9.45. The van der Waals surface area contributed by atoms with E-state index in [1.165, 1.54) is 4.88 Å². The Morgan fingerprint density at radius 1 is 1.35 bits per heavy atom. The predicted molar refractivity (Wildman–Crippen MR) is 99.7 cm³/mol. The molecule has 2 aromatic rings. The lowest BCUT2D eigenvalue weighted by Crippen LogP contribution is -2.22. The van der Waals surface area contributed by atoms with Gasteiger partial charge in [0.1, 0.15) is 0 Å². The average Bonchev–Trinajstić information content (AvgIpc) is 3.16. The largest absolute Gasteiger partial charge is 0.478 e. The number of fused-ring (bicyclic) bond motifs is 2. The highest BCUT2D eigenvalue weighted by Gasteiger charge is 2.34. The normalized spacial score (nSPS) is 17.2. The van der Waals surface area contributed by atoms with Gasteiger partial charge >= 0.3 is 5.97 Å². The van der Waals surface area contributed by atoms with Crippen LogP contribution in [0.2, 0.25) is 0 Å². The van der Waals surface area contributed by atoms with E-state index in [4.69, 9.17) is 15.3 Å². The van der Waals surface area contributed by atoms with Crippen molar-refractivity contribution in [2.45, 2.75) is 39.7 Å². The number of hydrogen-bond acceptors (Lipinski definition) is 6. The Kier molecular flexibility index (Phi) is 4.17. The first-order valence-electron chi connectivity index (χ1n) is 8.64. The van der Waals surface area contributed by atoms with Crippen LogP contribution >= 0.6 is 11.3 Å². The van der Waals surface area contributed by atoms with Gasteiger partial charge in [-0.15, -0.1) is 11.3 Å². The lowest BCUT2D eigenvalue weighted by Gasteiger charge is -2.29. The molecule has 4 rings (SSSR count). The van der Waals surface area contributed by atoms with Crippen LogP contribution in [0.5, 0.6) is 11.5 Å². The molecule has 0 spiro atoms. The molecule has 0 bridgehead atoms. The van der Waals surface area contributed by atoms with Crippen LogP contribution in [0.15, 0.2) is 12.1 Å². The summed E-state index contributed by atoms with van der Waals surface area (Å²) < 4.78 is 11.0. The lowest BCUT2D eigenvalue weighted by atomic mass is 9.76. The third-order valence-electron chi connectivity index (χ3n) is 5.12. The second kappa shape index (κ2) is 6.26. The van der Waals surface area contributed by atoms with Gasteiger partial charge in [-0.3, -0.25) is 11.3 Å². The number of rotatable bonds is 4. The van der Waals surface area contributed by atoms with Crippen LogP contribution < -0.4 is 20.7 Å². The van der Waals surface area contributed by atoms with Gasteiger partial charge in [0.25, 0.3) is 0 Å². The number of benzene rings is 1. The van der Waals surface area contributed by atoms with Gasteiger partial charge in [-0.05, 0) is 47.9 Å². The first-order chi connectivity index (χ1) is 12.4. The van der Waals surface area contributed by atoms with Crippen molar-refractivity contribution in [2.75, 3.05) is 6.79 Å². The number of carboxylic acids is 1. The SMILES string of the molecule is CC1(C)CCc2sc(-c3cc4c(cc3CNN)OCO4)c(C(=O)O)c2C1. The number of nitrogens with two attached hydrogens (primary N) is 1. The van der Waals surface area contributed by atoms with Crippen LogP contribution in [0.4, 0.5) is 0 Å². The summed E-state index contributed by atoms with van der Waals surface area (Å²) in [5.41, 5.74) is 5.95. The molecule has 4 N–H and O–H groups in total. The molecule has 0 radical (unpaired) electrons. The van der Waals surface area contributed by atoms with E-state index in [0.29, 0.717) is 23.6 Å². The summed E-state index contributed by atoms with van der Waals surface area (Å²) in [6, 6.07) is 3.76. The molecule has 1 aliphatic carbocycles. The van der Waals surface area contributed by atoms with Crippen LogP contribution in [0.3, 0.4) is 0 Å². The molecule has 7 heteroatoms. The van der Waals surface area contributed by atoms with Crippen molar-refractivity contribution in [1.29, 1.82) is 0 Å². The highest BCUT2D eigenvalue weighted by Crippen LogP contribution is 2.48. The monoisotopic (exact) mass is 374 g/mol. The predicted octanol–water partition coefficient (Wildman–Crippen LogP) is 3.32. The van der Waals surface area contributed by atoms with Gasteiger partial charge in [0.2, 0.25) is 6.79 Å². The van der Waals surface area contributed by atoms with Crippen LogP contribution in [-0.4, -0.2) is 17.9 Å². The second-order valence-corrected chi connectivity index (χ2v) is 8.70. The van der Waals surface area contributed by atoms with Crippen molar-refractivity contribution in [2.24, 2.45) is 11.3 Å². The van der Waals surface area contributed by atoms with Gasteiger partial charge in [0.15, 0.2) is 11.5 Å². The Morgan fingerprint density at radius 2 is 2.08 bits per heavy atom. The van der Waals surface area contributed by atoms with Gasteiger partial charge in [-0.2, -0.15) is 0 Å². The quantitative estimate of drug-likeness (QED) is 0.561. The van der Waals surface area contributed by atoms with Crippen molar-refractivity contribution < 1.29 is 19.4 Å². The summed E-state index contributed by atoms with van der Waals surface area (Å²) in [6.45, 7) is 4.99. The number of carboxylic acid groups (broad SMARTS) is 1. The maximum absolute atomic E-state index is 12.2. The van der Waals surface area contributed by atoms with Crippen molar-refractivity contribution in [1.82, 2.24) is 5.43 Å². The van der Waals surface area contributed by atoms with Crippen molar-refractivity contribution in [3.63, 3.8) is 0 Å². The number of hydrogen-bond donors (Lipinski definition) is 3. The van der Waals surface area contributed by atoms with E-state index >= 15 is 0 Å². The van der Waals surface area contributed by atoms with E-state index in [0.717, 1.165) is 40.8 Å². The second-order valence-electron chi connectivity index (χ2n) is 7.60. The summed E-state index contributed by atoms with van der Waals surface area (Å²) in [5, 5.41) is 9.97. The smallest absolute Gasteiger partial charge is 0.337 e. The molecular weight excluding hydrogens is 352 g/mol. The Labute approximate surface area is 155 Å². The fourth-order valence-electron chi connectivity index (χ4n) is 3.79. The third-order valence-corrected chi connectivity index (χ3v) is 6.45. The molecule has 138 valence electrons. The average molecular weight is 374 g/mol. The molecule has 0 saturated carbocycles. The van der Waals surface area contributed by atoms with E-state index in [2.05, 4.69) is 19.3 Å². The molecule has 0 unspecified atom stereocenters. The maximum atomic E-state index is 12.2. The number of aryl methyl sites for hydroxylation is 1. The molecule has 1 aliphatic heterocycles. The zero-order valence-corrected chi connectivity index (χ0v) is 15.7. The van der Waals surface area contributed by atoms with Crippen LogP contribution in [0.1, 0.15) is 46.6 Å². The number of nitrogens with one attached hydrogen (secondary N) is 1. The Morgan fingerprint density at radius 3 is 2.77 bits per heavy atom. The van der Waals surface area contributed by atoms with Crippen molar-refractivity contribution >= 4 is 17.3 Å². The minimum Gasteiger partial charge on any atom is -0.478 e. The number of thiophene rings is 1. The topological polar surface area (TPSA) is 93.8 Å². The number of aromatic carboxylic acids is 1. The molecule has 0 amide bonds. The van der Waals surface area contributed by atoms with Gasteiger partial charge in [0, 0.05) is 21.9 Å². The fourth-order valence-corrected chi connectivity index (χ4v) is 5.15. The van der Waals surface area contributed by atoms with Gasteiger partial charge in [-0.25, -0.2) is 4.79 Å². The first kappa shape index (κ1) is 17.3. The van der Waals surface area contributed by atoms with Crippen molar-refractivity contribution in [3.8, 4) is 21.9 Å². The van der Waals surface area contributed by atoms with E-state index in [1.54, 1.807) is 11.3 Å². The molecule has 0 atom stereocenters. The van der Waals surface area contributed by atoms with Crippen LogP contribution in [-0.2, 0) is 19.4 Å². The molecule has 0 fully saturated rings. The standard InChI is InChI=1S/C19H22N2O4S/c1-19(2)4-3-15-12(7-19)16(18(22)23)17(26-15)11-6-14-13(24-9-25-14)5-10(11)8-21-20/h5-6,21H,3-4,7-9,20H2,1-2H3,(H,22,23). The maximum Gasteiger partial charge on any atom is 0.337 e. The fraction of sp³-hybridized carbons (Fsp3) is 0.421. The molecule has 1 aromatic heterocycles. The Balaban J connectivity index is 1.91. The number of carbonyl (C=O) groups is 1. The van der Waals surface area contributed by atoms with E-state index in [9.17, 15) is 9.90 Å². The molecule has 6 nitrogen and oxygen atoms in total. The van der Waals surface area contributed by atoms with Crippen LogP contribution in [0.25, 0.3) is 10.4 Å². The zero-order valence-electron chi connectivity index (χ0n) is 14.8. The zero-order chi connectivity index (χ0) is 18.5. The molecular formula is C19H22N2O4S. The molecule has 0 saturated heterocycles. The summed E-state index contributed by atoms with van der Waals surface area (Å²) in [5.74, 6) is 5.98. The summed E-state index contributed by atoms with van der Waals surface area (Å²) in [4.78, 5) is 14.1. The minimum absolute atomic E-state index is 0.117. The van der Waals surface area contributed by atoms with Gasteiger partial charge in [-0.1, -0.05) is 13.8 Å². The highest BCUT2D eigenvalue weighted by molar-refractivity contribution is 7.16. The molecule has 1 aromatic carbocycles. The number of ether oxygens (including phenoxy) is 2. The van der Waals surface area contributed by atoms with E-state index in [1.807, 2.05) is 12.1 Å². The molecule has 2 aliphatic rings. The van der Waals surface area contributed by atoms with Crippen molar-refractivity contribution in [3.05, 3.63) is 33.7 Å². The van der Waals surface area contributed by atoms with Crippen LogP contribution in [0, 0.1) is 5.41 Å². The van der Waals surface area contributed by atoms with E-state index in [-0.39, 0.29) is 12.2 Å². The molecule has 2 heterocycles. The van der Waals surface area contributed by atoms with Gasteiger partial charge in [0.05, 0.1) is 5.56 Å². The highest BCUT2D eigenvalue weighted by atomic mass is 32.1. The third kappa shape index (κ3) is 2.86. The summed E-state index contributed by atoms with van der Waals surface area (Å²) in [7, 11) is 0. The Hall–Kier alpha value is -2.09. The van der Waals surface area contributed by atoms with E-state index < -0.39 is 5.97 Å². The lowest BCUT2D eigenvalue weighted by molar-refractivity contribution is 0.0696. The van der Waals surface area contributed by atoms with Gasteiger partial charge < -0.3 is 14.6 Å². The summed E-state index contributed by atoms with van der Waals surface area (Å²) >= 11 is 1.58. The number of hydrazine groups is 1. The Bertz CT molecular complexity index is 888. The molecule has 26 heavy (non-hydrogen) atoms. The minimum atomic E-state index is -0.875. The summed E-state index contributed by atoms with van der Waals surface area (Å²) in [6.07, 6.45) is 2.77.